The Balaban J connectivity index is 1.69. The van der Waals surface area contributed by atoms with Gasteiger partial charge in [-0.1, -0.05) is 54.2 Å². The lowest BCUT2D eigenvalue weighted by molar-refractivity contribution is -0.113. The quantitative estimate of drug-likeness (QED) is 0.446. The van der Waals surface area contributed by atoms with Crippen molar-refractivity contribution in [2.45, 2.75) is 16.6 Å². The van der Waals surface area contributed by atoms with E-state index >= 15 is 0 Å². The van der Waals surface area contributed by atoms with Gasteiger partial charge in [0.2, 0.25) is 5.91 Å². The van der Waals surface area contributed by atoms with E-state index in [0.29, 0.717) is 11.7 Å². The van der Waals surface area contributed by atoms with Crippen LogP contribution in [0.2, 0.25) is 0 Å². The summed E-state index contributed by atoms with van der Waals surface area (Å²) in [5, 5.41) is 12.2. The summed E-state index contributed by atoms with van der Waals surface area (Å²) < 4.78 is 1.97. The molecule has 1 N–H and O–H groups in total. The molecule has 0 spiro atoms. The lowest BCUT2D eigenvalue weighted by Gasteiger charge is -2.08. The highest BCUT2D eigenvalue weighted by atomic mass is 32.2. The molecule has 1 heterocycles. The summed E-state index contributed by atoms with van der Waals surface area (Å²) >= 11 is 3.00. The minimum atomic E-state index is -0.0762. The second kappa shape index (κ2) is 9.43. The third-order valence-corrected chi connectivity index (χ3v) is 5.44. The number of benzene rings is 2. The number of thioether (sulfide) groups is 2. The normalized spacial score (nSPS) is 10.6. The van der Waals surface area contributed by atoms with Crippen LogP contribution in [0.15, 0.2) is 77.3 Å². The lowest BCUT2D eigenvalue weighted by atomic mass is 10.2. The third kappa shape index (κ3) is 5.02. The summed E-state index contributed by atoms with van der Waals surface area (Å²) in [6.07, 6.45) is 3.81. The molecule has 27 heavy (non-hydrogen) atoms. The molecule has 3 rings (SSSR count). The van der Waals surface area contributed by atoms with Gasteiger partial charge >= 0.3 is 0 Å². The number of nitrogens with zero attached hydrogens (tertiary/aromatic N) is 3. The van der Waals surface area contributed by atoms with Gasteiger partial charge < -0.3 is 5.32 Å². The van der Waals surface area contributed by atoms with Crippen molar-refractivity contribution >= 4 is 35.1 Å². The Morgan fingerprint density at radius 2 is 2.00 bits per heavy atom. The van der Waals surface area contributed by atoms with E-state index < -0.39 is 0 Å². The monoisotopic (exact) mass is 396 g/mol. The van der Waals surface area contributed by atoms with E-state index in [1.165, 1.54) is 11.8 Å². The van der Waals surface area contributed by atoms with Crippen LogP contribution in [-0.4, -0.2) is 32.7 Å². The van der Waals surface area contributed by atoms with Gasteiger partial charge in [-0.25, -0.2) is 0 Å². The fourth-order valence-electron chi connectivity index (χ4n) is 2.52. The molecule has 0 aliphatic rings. The first kappa shape index (κ1) is 19.3. The summed E-state index contributed by atoms with van der Waals surface area (Å²) in [7, 11) is 0. The molecule has 1 aromatic heterocycles. The number of hydrogen-bond donors (Lipinski definition) is 1. The largest absolute Gasteiger partial charge is 0.325 e. The predicted molar refractivity (Wildman–Crippen MR) is 113 cm³/mol. The SMILES string of the molecule is C=CCn1c(SCC(=O)Nc2cccc(SC)c2)nnc1-c1ccccc1. The number of aromatic nitrogens is 3. The number of carbonyl (C=O) groups excluding carboxylic acids is 1. The third-order valence-electron chi connectivity index (χ3n) is 3.75. The van der Waals surface area contributed by atoms with Gasteiger partial charge in [-0.15, -0.1) is 28.5 Å². The van der Waals surface area contributed by atoms with E-state index in [-0.39, 0.29) is 11.7 Å². The minimum absolute atomic E-state index is 0.0762. The zero-order chi connectivity index (χ0) is 19.1. The molecule has 0 aliphatic heterocycles. The average molecular weight is 397 g/mol. The topological polar surface area (TPSA) is 59.8 Å². The number of hydrogen-bond acceptors (Lipinski definition) is 5. The van der Waals surface area contributed by atoms with Crippen LogP contribution in [0.3, 0.4) is 0 Å². The van der Waals surface area contributed by atoms with E-state index in [0.717, 1.165) is 22.0 Å². The van der Waals surface area contributed by atoms with Crippen LogP contribution < -0.4 is 5.32 Å². The maximum Gasteiger partial charge on any atom is 0.234 e. The first-order valence-corrected chi connectivity index (χ1v) is 10.6. The van der Waals surface area contributed by atoms with Crippen LogP contribution in [0.1, 0.15) is 0 Å². The van der Waals surface area contributed by atoms with E-state index in [1.807, 2.05) is 65.4 Å². The first-order valence-electron chi connectivity index (χ1n) is 8.37. The van der Waals surface area contributed by atoms with Crippen LogP contribution in [0.4, 0.5) is 5.69 Å². The zero-order valence-electron chi connectivity index (χ0n) is 15.0. The molecule has 0 aliphatic carbocycles. The van der Waals surface area contributed by atoms with Crippen molar-refractivity contribution < 1.29 is 4.79 Å². The van der Waals surface area contributed by atoms with Crippen LogP contribution in [0.5, 0.6) is 0 Å². The number of nitrogens with one attached hydrogen (secondary N) is 1. The maximum atomic E-state index is 12.3. The molecule has 0 saturated heterocycles. The Kier molecular flexibility index (Phi) is 6.73. The van der Waals surface area contributed by atoms with Crippen molar-refractivity contribution in [3.8, 4) is 11.4 Å². The Hall–Kier alpha value is -2.51. The standard InChI is InChI=1S/C20H20N4OS2/c1-3-12-24-19(15-8-5-4-6-9-15)22-23-20(24)27-14-18(25)21-16-10-7-11-17(13-16)26-2/h3-11,13H,1,12,14H2,2H3,(H,21,25). The first-order chi connectivity index (χ1) is 13.2. The molecular formula is C20H20N4OS2. The van der Waals surface area contributed by atoms with Crippen molar-refractivity contribution in [1.82, 2.24) is 14.8 Å². The Labute approximate surface area is 167 Å². The lowest BCUT2D eigenvalue weighted by Crippen LogP contribution is -2.14. The number of anilines is 1. The smallest absolute Gasteiger partial charge is 0.234 e. The van der Waals surface area contributed by atoms with E-state index in [2.05, 4.69) is 22.1 Å². The molecule has 0 atom stereocenters. The minimum Gasteiger partial charge on any atom is -0.325 e. The highest BCUT2D eigenvalue weighted by Gasteiger charge is 2.14. The molecule has 0 fully saturated rings. The van der Waals surface area contributed by atoms with Crippen LogP contribution in [0, 0.1) is 0 Å². The van der Waals surface area contributed by atoms with Crippen molar-refractivity contribution in [3.05, 3.63) is 67.3 Å². The van der Waals surface area contributed by atoms with E-state index in [1.54, 1.807) is 17.8 Å². The highest BCUT2D eigenvalue weighted by Crippen LogP contribution is 2.24. The van der Waals surface area contributed by atoms with Crippen molar-refractivity contribution in [1.29, 1.82) is 0 Å². The molecule has 7 heteroatoms. The maximum absolute atomic E-state index is 12.3. The summed E-state index contributed by atoms with van der Waals surface area (Å²) in [4.78, 5) is 13.4. The molecule has 0 unspecified atom stereocenters. The Morgan fingerprint density at radius 1 is 1.19 bits per heavy atom. The van der Waals surface area contributed by atoms with E-state index in [4.69, 9.17) is 0 Å². The molecule has 0 saturated carbocycles. The molecule has 0 bridgehead atoms. The van der Waals surface area contributed by atoms with Crippen molar-refractivity contribution in [2.75, 3.05) is 17.3 Å². The molecular weight excluding hydrogens is 376 g/mol. The van der Waals surface area contributed by atoms with Gasteiger partial charge in [-0.3, -0.25) is 9.36 Å². The number of carbonyl (C=O) groups is 1. The zero-order valence-corrected chi connectivity index (χ0v) is 16.6. The van der Waals surface area contributed by atoms with Crippen molar-refractivity contribution in [3.63, 3.8) is 0 Å². The predicted octanol–water partition coefficient (Wildman–Crippen LogP) is 4.58. The Morgan fingerprint density at radius 3 is 2.74 bits per heavy atom. The van der Waals surface area contributed by atoms with E-state index in [9.17, 15) is 4.79 Å². The summed E-state index contributed by atoms with van der Waals surface area (Å²) in [6, 6.07) is 17.7. The average Bonchev–Trinajstić information content (AvgIpc) is 3.10. The van der Waals surface area contributed by atoms with Gasteiger partial charge in [0.05, 0.1) is 5.75 Å². The van der Waals surface area contributed by atoms with Gasteiger partial charge in [0, 0.05) is 22.7 Å². The van der Waals surface area contributed by atoms with Gasteiger partial charge in [-0.05, 0) is 24.5 Å². The molecule has 5 nitrogen and oxygen atoms in total. The summed E-state index contributed by atoms with van der Waals surface area (Å²) in [5.41, 5.74) is 1.78. The second-order valence-electron chi connectivity index (χ2n) is 5.64. The van der Waals surface area contributed by atoms with Crippen molar-refractivity contribution in [2.24, 2.45) is 0 Å². The fourth-order valence-corrected chi connectivity index (χ4v) is 3.73. The second-order valence-corrected chi connectivity index (χ2v) is 7.46. The van der Waals surface area contributed by atoms with Gasteiger partial charge in [0.1, 0.15) is 0 Å². The summed E-state index contributed by atoms with van der Waals surface area (Å²) in [5.74, 6) is 0.951. The highest BCUT2D eigenvalue weighted by molar-refractivity contribution is 7.99. The molecule has 2 aromatic carbocycles. The molecule has 1 amide bonds. The Bertz CT molecular complexity index is 925. The van der Waals surface area contributed by atoms with Crippen LogP contribution >= 0.6 is 23.5 Å². The molecule has 0 radical (unpaired) electrons. The molecule has 3 aromatic rings. The molecule has 138 valence electrons. The van der Waals surface area contributed by atoms with Gasteiger partial charge in [-0.2, -0.15) is 0 Å². The number of allylic oxidation sites excluding steroid dienone is 1. The van der Waals surface area contributed by atoms with Crippen LogP contribution in [0.25, 0.3) is 11.4 Å². The number of rotatable bonds is 8. The van der Waals surface area contributed by atoms with Gasteiger partial charge in [0.15, 0.2) is 11.0 Å². The summed E-state index contributed by atoms with van der Waals surface area (Å²) in [6.45, 7) is 4.39. The van der Waals surface area contributed by atoms with Crippen LogP contribution in [-0.2, 0) is 11.3 Å². The number of amides is 1. The van der Waals surface area contributed by atoms with Gasteiger partial charge in [0.25, 0.3) is 0 Å². The fraction of sp³-hybridized carbons (Fsp3) is 0.150.